The Labute approximate surface area is 204 Å². The summed E-state index contributed by atoms with van der Waals surface area (Å²) in [4.78, 5) is 51.2. The van der Waals surface area contributed by atoms with Crippen LogP contribution in [-0.2, 0) is 19.2 Å². The molecule has 0 unspecified atom stereocenters. The van der Waals surface area contributed by atoms with E-state index in [1.54, 1.807) is 11.8 Å². The molecule has 8 atom stereocenters. The van der Waals surface area contributed by atoms with Crippen LogP contribution in [0.1, 0.15) is 52.9 Å². The van der Waals surface area contributed by atoms with Gasteiger partial charge in [-0.05, 0) is 38.5 Å². The summed E-state index contributed by atoms with van der Waals surface area (Å²) in [5.41, 5.74) is 6.02. The molecule has 2 saturated heterocycles. The Kier molecular flexibility index (Phi) is 7.40. The van der Waals surface area contributed by atoms with E-state index in [1.165, 1.54) is 11.8 Å². The van der Waals surface area contributed by atoms with Crippen molar-refractivity contribution in [2.24, 2.45) is 29.4 Å². The number of carbonyl (C=O) groups is 4. The molecule has 0 aromatic carbocycles. The topological polar surface area (TPSA) is 142 Å². The highest BCUT2D eigenvalue weighted by Crippen LogP contribution is 2.53. The van der Waals surface area contributed by atoms with Gasteiger partial charge in [-0.3, -0.25) is 9.59 Å². The lowest BCUT2D eigenvalue weighted by molar-refractivity contribution is -0.160. The number of rotatable bonds is 9. The quantitative estimate of drug-likeness (QED) is 0.350. The van der Waals surface area contributed by atoms with E-state index in [0.717, 1.165) is 30.6 Å². The van der Waals surface area contributed by atoms with E-state index < -0.39 is 5.97 Å². The minimum absolute atomic E-state index is 0.00425. The van der Waals surface area contributed by atoms with Gasteiger partial charge in [-0.2, -0.15) is 0 Å². The predicted octanol–water partition coefficient (Wildman–Crippen LogP) is 1.08. The summed E-state index contributed by atoms with van der Waals surface area (Å²) in [6.45, 7) is 6.67. The van der Waals surface area contributed by atoms with Gasteiger partial charge in [0.2, 0.25) is 11.8 Å². The second-order valence-electron chi connectivity index (χ2n) is 10.5. The monoisotopic (exact) mass is 492 g/mol. The number of nitrogens with zero attached hydrogens (tertiary/aromatic N) is 1. The molecule has 0 aromatic rings. The number of carboxylic acids is 1. The maximum Gasteiger partial charge on any atom is 0.353 e. The Morgan fingerprint density at radius 3 is 2.65 bits per heavy atom. The number of fused-ring (bicyclic) bond motifs is 1. The molecule has 4 rings (SSSR count). The van der Waals surface area contributed by atoms with E-state index >= 15 is 0 Å². The molecule has 1 aliphatic carbocycles. The lowest BCUT2D eigenvalue weighted by Gasteiger charge is -2.47. The Bertz CT molecular complexity index is 908. The average molecular weight is 493 g/mol. The van der Waals surface area contributed by atoms with Gasteiger partial charge in [-0.15, -0.1) is 11.8 Å². The molecular weight excluding hydrogens is 456 g/mol. The number of aliphatic carboxylic acids is 1. The number of nitrogens with one attached hydrogen (secondary N) is 2. The molecule has 3 heterocycles. The minimum Gasteiger partial charge on any atom is -0.477 e. The van der Waals surface area contributed by atoms with Crippen molar-refractivity contribution >= 4 is 35.3 Å². The van der Waals surface area contributed by atoms with Gasteiger partial charge in [0.25, 0.3) is 0 Å². The molecule has 5 N–H and O–H groups in total. The number of Topliss-reactive ketones (excluding diaryl/α,β-unsaturated/α-hetero) is 1. The lowest BCUT2D eigenvalue weighted by Crippen LogP contribution is -2.62. The number of ketones is 1. The summed E-state index contributed by atoms with van der Waals surface area (Å²) in [5.74, 6) is -1.66. The second kappa shape index (κ2) is 9.99. The summed E-state index contributed by atoms with van der Waals surface area (Å²) >= 11 is 1.55. The Morgan fingerprint density at radius 1 is 1.29 bits per heavy atom. The molecule has 1 saturated carbocycles. The van der Waals surface area contributed by atoms with Crippen LogP contribution in [0, 0.1) is 23.7 Å². The van der Waals surface area contributed by atoms with Crippen LogP contribution in [0.3, 0.4) is 0 Å². The zero-order valence-electron chi connectivity index (χ0n) is 20.1. The van der Waals surface area contributed by atoms with Crippen LogP contribution in [0.4, 0.5) is 0 Å². The SMILES string of the molecule is CC(=O)C[C@H](C)[C@H]1C(=O)N2C(C(=O)O)=C(S[C@@H]3CN[C@H](CNC(=O)[C@@H]4CC[C@H](N)C4)C3)[C@H](C)[C@H]12. The third-order valence-electron chi connectivity index (χ3n) is 7.86. The van der Waals surface area contributed by atoms with Crippen molar-refractivity contribution in [2.75, 3.05) is 13.1 Å². The first-order valence-corrected chi connectivity index (χ1v) is 13.2. The number of β-lactam (4-membered cyclic amide) rings is 1. The van der Waals surface area contributed by atoms with Crippen molar-refractivity contribution in [1.29, 1.82) is 0 Å². The molecule has 0 spiro atoms. The second-order valence-corrected chi connectivity index (χ2v) is 11.9. The van der Waals surface area contributed by atoms with Crippen LogP contribution in [0.5, 0.6) is 0 Å². The largest absolute Gasteiger partial charge is 0.477 e. The minimum atomic E-state index is -1.08. The summed E-state index contributed by atoms with van der Waals surface area (Å²) < 4.78 is 0. The van der Waals surface area contributed by atoms with E-state index in [1.807, 2.05) is 13.8 Å². The number of amides is 2. The van der Waals surface area contributed by atoms with Crippen molar-refractivity contribution in [3.63, 3.8) is 0 Å². The highest BCUT2D eigenvalue weighted by Gasteiger charge is 2.60. The van der Waals surface area contributed by atoms with Crippen LogP contribution in [0.15, 0.2) is 10.6 Å². The van der Waals surface area contributed by atoms with Crippen molar-refractivity contribution in [2.45, 2.75) is 76.3 Å². The number of hydrogen-bond donors (Lipinski definition) is 4. The molecule has 2 amide bonds. The fourth-order valence-corrected chi connectivity index (χ4v) is 7.70. The maximum atomic E-state index is 12.9. The van der Waals surface area contributed by atoms with Crippen LogP contribution in [-0.4, -0.2) is 70.0 Å². The number of carboxylic acid groups (broad SMARTS) is 1. The number of thioether (sulfide) groups is 1. The maximum absolute atomic E-state index is 12.9. The molecule has 188 valence electrons. The van der Waals surface area contributed by atoms with Gasteiger partial charge in [0.1, 0.15) is 11.5 Å². The number of nitrogens with two attached hydrogens (primary N) is 1. The van der Waals surface area contributed by atoms with E-state index in [9.17, 15) is 24.3 Å². The number of carbonyl (C=O) groups excluding carboxylic acids is 3. The average Bonchev–Trinajstić information content (AvgIpc) is 3.44. The predicted molar refractivity (Wildman–Crippen MR) is 129 cm³/mol. The molecule has 0 aromatic heterocycles. The molecule has 0 bridgehead atoms. The van der Waals surface area contributed by atoms with Gasteiger partial charge in [0.05, 0.1) is 12.0 Å². The van der Waals surface area contributed by atoms with Crippen LogP contribution in [0.25, 0.3) is 0 Å². The Morgan fingerprint density at radius 2 is 2.03 bits per heavy atom. The standard InChI is InChI=1S/C24H36N4O5S/c1-11(6-12(2)29)18-19-13(3)21(20(24(32)33)28(19)23(18)31)34-17-8-16(26-10-17)9-27-22(30)14-4-5-15(25)7-14/h11,13-19,26H,4-10,25H2,1-3H3,(H,27,30)(H,32,33)/t11-,13+,14+,15-,16-,17-,18+,19+/m0/s1. The molecule has 4 aliphatic rings. The van der Waals surface area contributed by atoms with Gasteiger partial charge in [-0.25, -0.2) is 4.79 Å². The number of hydrogen-bond acceptors (Lipinski definition) is 7. The van der Waals surface area contributed by atoms with Crippen LogP contribution >= 0.6 is 11.8 Å². The van der Waals surface area contributed by atoms with E-state index in [0.29, 0.717) is 19.5 Å². The summed E-state index contributed by atoms with van der Waals surface area (Å²) in [6.07, 6.45) is 3.61. The smallest absolute Gasteiger partial charge is 0.353 e. The van der Waals surface area contributed by atoms with Gasteiger partial charge >= 0.3 is 5.97 Å². The molecule has 10 heteroatoms. The first-order valence-electron chi connectivity index (χ1n) is 12.3. The zero-order valence-corrected chi connectivity index (χ0v) is 20.9. The highest BCUT2D eigenvalue weighted by molar-refractivity contribution is 8.03. The van der Waals surface area contributed by atoms with E-state index in [-0.39, 0.29) is 70.3 Å². The summed E-state index contributed by atoms with van der Waals surface area (Å²) in [7, 11) is 0. The molecule has 9 nitrogen and oxygen atoms in total. The van der Waals surface area contributed by atoms with E-state index in [4.69, 9.17) is 5.73 Å². The molecule has 3 aliphatic heterocycles. The van der Waals surface area contributed by atoms with E-state index in [2.05, 4.69) is 10.6 Å². The summed E-state index contributed by atoms with van der Waals surface area (Å²) in [6, 6.07) is 0.0518. The molecule has 0 radical (unpaired) electrons. The molecule has 34 heavy (non-hydrogen) atoms. The fourth-order valence-electron chi connectivity index (χ4n) is 6.18. The van der Waals surface area contributed by atoms with Crippen LogP contribution < -0.4 is 16.4 Å². The molecule has 3 fully saturated rings. The first-order chi connectivity index (χ1) is 16.1. The Balaban J connectivity index is 1.36. The lowest BCUT2D eigenvalue weighted by atomic mass is 9.73. The normalized spacial score (nSPS) is 35.8. The Hall–Kier alpha value is -1.91. The van der Waals surface area contributed by atoms with Gasteiger partial charge in [0, 0.05) is 53.6 Å². The first kappa shape index (κ1) is 25.2. The van der Waals surface area contributed by atoms with Gasteiger partial charge < -0.3 is 31.2 Å². The van der Waals surface area contributed by atoms with Crippen molar-refractivity contribution in [3.8, 4) is 0 Å². The fraction of sp³-hybridized carbons (Fsp3) is 0.750. The van der Waals surface area contributed by atoms with Crippen molar-refractivity contribution < 1.29 is 24.3 Å². The van der Waals surface area contributed by atoms with Crippen molar-refractivity contribution in [3.05, 3.63) is 10.6 Å². The van der Waals surface area contributed by atoms with Crippen molar-refractivity contribution in [1.82, 2.24) is 15.5 Å². The zero-order chi connectivity index (χ0) is 24.7. The third kappa shape index (κ3) is 4.77. The van der Waals surface area contributed by atoms with Gasteiger partial charge in [-0.1, -0.05) is 13.8 Å². The summed E-state index contributed by atoms with van der Waals surface area (Å²) in [5, 5.41) is 16.6. The highest BCUT2D eigenvalue weighted by atomic mass is 32.2. The third-order valence-corrected chi connectivity index (χ3v) is 9.37. The van der Waals surface area contributed by atoms with Gasteiger partial charge in [0.15, 0.2) is 0 Å². The van der Waals surface area contributed by atoms with Crippen LogP contribution in [0.2, 0.25) is 0 Å². The molecular formula is C24H36N4O5S.